The van der Waals surface area contributed by atoms with E-state index < -0.39 is 9.84 Å². The summed E-state index contributed by atoms with van der Waals surface area (Å²) >= 11 is 1.55. The predicted octanol–water partition coefficient (Wildman–Crippen LogP) is 2.05. The van der Waals surface area contributed by atoms with Gasteiger partial charge >= 0.3 is 0 Å². The molecule has 0 bridgehead atoms. The van der Waals surface area contributed by atoms with Crippen molar-refractivity contribution in [3.8, 4) is 10.8 Å². The molecular weight excluding hydrogens is 400 g/mol. The van der Waals surface area contributed by atoms with Gasteiger partial charge in [0.25, 0.3) is 5.89 Å². The molecule has 3 rings (SSSR count). The van der Waals surface area contributed by atoms with Crippen molar-refractivity contribution in [2.45, 2.75) is 32.7 Å². The maximum atomic E-state index is 12.3. The van der Waals surface area contributed by atoms with Crippen LogP contribution in [0.15, 0.2) is 22.0 Å². The molecule has 0 N–H and O–H groups in total. The van der Waals surface area contributed by atoms with Crippen LogP contribution >= 0.6 is 11.3 Å². The Hall–Kier alpha value is -1.78. The standard InChI is InChI=1S/C18H26N4O4S2/c1-2-3-4-12-28(24,25)14-17(23)22-9-7-21(8-10-22)13-16-19-18(26-20-16)15-6-5-11-27-15/h5-6,11H,2-4,7-10,12-14H2,1H3. The molecule has 1 amide bonds. The van der Waals surface area contributed by atoms with Gasteiger partial charge in [-0.05, 0) is 17.9 Å². The number of rotatable bonds is 9. The molecule has 28 heavy (non-hydrogen) atoms. The topological polar surface area (TPSA) is 96.6 Å². The number of amides is 1. The van der Waals surface area contributed by atoms with Gasteiger partial charge < -0.3 is 9.42 Å². The van der Waals surface area contributed by atoms with Crippen LogP contribution in [0.1, 0.15) is 32.0 Å². The minimum Gasteiger partial charge on any atom is -0.339 e. The second-order valence-electron chi connectivity index (χ2n) is 6.95. The van der Waals surface area contributed by atoms with Gasteiger partial charge in [0.1, 0.15) is 5.75 Å². The summed E-state index contributed by atoms with van der Waals surface area (Å²) in [5, 5.41) is 5.98. The van der Waals surface area contributed by atoms with Gasteiger partial charge in [0.15, 0.2) is 15.7 Å². The Kier molecular flexibility index (Phi) is 7.19. The minimum atomic E-state index is -3.32. The molecule has 0 radical (unpaired) electrons. The molecule has 0 atom stereocenters. The molecule has 0 aliphatic carbocycles. The van der Waals surface area contributed by atoms with E-state index in [0.29, 0.717) is 50.9 Å². The summed E-state index contributed by atoms with van der Waals surface area (Å²) in [6.45, 7) is 4.91. The fourth-order valence-corrected chi connectivity index (χ4v) is 5.09. The normalized spacial score (nSPS) is 15.8. The first-order valence-electron chi connectivity index (χ1n) is 9.54. The number of carbonyl (C=O) groups excluding carboxylic acids is 1. The molecule has 2 aromatic rings. The Labute approximate surface area is 169 Å². The number of thiophene rings is 1. The summed E-state index contributed by atoms with van der Waals surface area (Å²) in [6.07, 6.45) is 2.45. The number of hydrogen-bond acceptors (Lipinski definition) is 8. The van der Waals surface area contributed by atoms with Crippen LogP contribution in [0.5, 0.6) is 0 Å². The first-order chi connectivity index (χ1) is 13.5. The van der Waals surface area contributed by atoms with Crippen LogP contribution in [0.4, 0.5) is 0 Å². The van der Waals surface area contributed by atoms with Gasteiger partial charge in [0.2, 0.25) is 5.91 Å². The van der Waals surface area contributed by atoms with Crippen molar-refractivity contribution in [3.63, 3.8) is 0 Å². The lowest BCUT2D eigenvalue weighted by Gasteiger charge is -2.34. The maximum absolute atomic E-state index is 12.3. The first-order valence-corrected chi connectivity index (χ1v) is 12.2. The first kappa shape index (κ1) is 20.9. The second kappa shape index (κ2) is 9.62. The highest BCUT2D eigenvalue weighted by molar-refractivity contribution is 7.92. The Bertz CT molecular complexity index is 856. The largest absolute Gasteiger partial charge is 0.339 e. The zero-order valence-corrected chi connectivity index (χ0v) is 17.7. The zero-order chi connectivity index (χ0) is 20.0. The van der Waals surface area contributed by atoms with Gasteiger partial charge in [0.05, 0.1) is 17.2 Å². The lowest BCUT2D eigenvalue weighted by molar-refractivity contribution is -0.130. The Morgan fingerprint density at radius 1 is 1.25 bits per heavy atom. The minimum absolute atomic E-state index is 0.0942. The number of sulfone groups is 1. The number of unbranched alkanes of at least 4 members (excludes halogenated alkanes) is 2. The van der Waals surface area contributed by atoms with Gasteiger partial charge in [-0.25, -0.2) is 8.42 Å². The van der Waals surface area contributed by atoms with Crippen LogP contribution < -0.4 is 0 Å². The van der Waals surface area contributed by atoms with Crippen molar-refractivity contribution in [2.24, 2.45) is 0 Å². The van der Waals surface area contributed by atoms with Crippen molar-refractivity contribution < 1.29 is 17.7 Å². The highest BCUT2D eigenvalue weighted by Gasteiger charge is 2.26. The fraction of sp³-hybridized carbons (Fsp3) is 0.611. The molecule has 2 aromatic heterocycles. The van der Waals surface area contributed by atoms with Crippen molar-refractivity contribution in [2.75, 3.05) is 37.7 Å². The number of nitrogens with zero attached hydrogens (tertiary/aromatic N) is 4. The van der Waals surface area contributed by atoms with Crippen molar-refractivity contribution in [1.29, 1.82) is 0 Å². The van der Waals surface area contributed by atoms with Crippen molar-refractivity contribution >= 4 is 27.1 Å². The summed E-state index contributed by atoms with van der Waals surface area (Å²) in [5.41, 5.74) is 0. The van der Waals surface area contributed by atoms with Gasteiger partial charge in [-0.1, -0.05) is 31.0 Å². The third-order valence-corrected chi connectivity index (χ3v) is 7.15. The molecule has 154 valence electrons. The fourth-order valence-electron chi connectivity index (χ4n) is 3.10. The van der Waals surface area contributed by atoms with Crippen LogP contribution in [0.25, 0.3) is 10.8 Å². The molecule has 0 aromatic carbocycles. The molecule has 0 saturated carbocycles. The quantitative estimate of drug-likeness (QED) is 0.566. The molecule has 0 spiro atoms. The van der Waals surface area contributed by atoms with E-state index in [1.54, 1.807) is 16.2 Å². The van der Waals surface area contributed by atoms with Crippen molar-refractivity contribution in [3.05, 3.63) is 23.3 Å². The Morgan fingerprint density at radius 3 is 2.71 bits per heavy atom. The van der Waals surface area contributed by atoms with Crippen molar-refractivity contribution in [1.82, 2.24) is 19.9 Å². The smallest absolute Gasteiger partial charge is 0.268 e. The Balaban J connectivity index is 1.44. The van der Waals surface area contributed by atoms with Crippen LogP contribution in [0.3, 0.4) is 0 Å². The lowest BCUT2D eigenvalue weighted by Crippen LogP contribution is -2.49. The molecular formula is C18H26N4O4S2. The number of piperazine rings is 1. The second-order valence-corrected chi connectivity index (χ2v) is 10.1. The monoisotopic (exact) mass is 426 g/mol. The highest BCUT2D eigenvalue weighted by Crippen LogP contribution is 2.22. The number of carbonyl (C=O) groups is 1. The van der Waals surface area contributed by atoms with E-state index in [1.165, 1.54) is 0 Å². The average molecular weight is 427 g/mol. The Morgan fingerprint density at radius 2 is 2.04 bits per heavy atom. The third-order valence-electron chi connectivity index (χ3n) is 4.69. The van der Waals surface area contributed by atoms with E-state index in [2.05, 4.69) is 15.0 Å². The molecule has 8 nitrogen and oxygen atoms in total. The average Bonchev–Trinajstić information content (AvgIpc) is 3.33. The van der Waals surface area contributed by atoms with E-state index in [1.807, 2.05) is 24.4 Å². The number of aromatic nitrogens is 2. The summed E-state index contributed by atoms with van der Waals surface area (Å²) in [4.78, 5) is 21.5. The molecule has 1 aliphatic rings. The van der Waals surface area contributed by atoms with E-state index in [-0.39, 0.29) is 17.4 Å². The van der Waals surface area contributed by atoms with E-state index in [9.17, 15) is 13.2 Å². The summed E-state index contributed by atoms with van der Waals surface area (Å²) in [7, 11) is -3.32. The maximum Gasteiger partial charge on any atom is 0.268 e. The van der Waals surface area contributed by atoms with Gasteiger partial charge in [-0.2, -0.15) is 4.98 Å². The zero-order valence-electron chi connectivity index (χ0n) is 16.0. The molecule has 3 heterocycles. The molecule has 0 unspecified atom stereocenters. The van der Waals surface area contributed by atoms with E-state index in [4.69, 9.17) is 4.52 Å². The molecule has 1 fully saturated rings. The van der Waals surface area contributed by atoms with E-state index in [0.717, 1.165) is 17.7 Å². The molecule has 1 aliphatic heterocycles. The van der Waals surface area contributed by atoms with Gasteiger partial charge in [-0.3, -0.25) is 9.69 Å². The SMILES string of the molecule is CCCCCS(=O)(=O)CC(=O)N1CCN(Cc2noc(-c3cccs3)n2)CC1. The summed E-state index contributed by atoms with van der Waals surface area (Å²) < 4.78 is 29.5. The van der Waals surface area contributed by atoms with Gasteiger partial charge in [0, 0.05) is 26.2 Å². The van der Waals surface area contributed by atoms with Crippen LogP contribution in [0, 0.1) is 0 Å². The molecule has 1 saturated heterocycles. The molecule has 10 heteroatoms. The predicted molar refractivity (Wildman–Crippen MR) is 108 cm³/mol. The summed E-state index contributed by atoms with van der Waals surface area (Å²) in [5.74, 6) is 0.548. The summed E-state index contributed by atoms with van der Waals surface area (Å²) in [6, 6.07) is 3.87. The lowest BCUT2D eigenvalue weighted by atomic mass is 10.3. The van der Waals surface area contributed by atoms with Crippen LogP contribution in [0.2, 0.25) is 0 Å². The third kappa shape index (κ3) is 5.86. The van der Waals surface area contributed by atoms with E-state index >= 15 is 0 Å². The van der Waals surface area contributed by atoms with Crippen LogP contribution in [-0.4, -0.2) is 72.0 Å². The number of hydrogen-bond donors (Lipinski definition) is 0. The van der Waals surface area contributed by atoms with Gasteiger partial charge in [-0.15, -0.1) is 11.3 Å². The van der Waals surface area contributed by atoms with Crippen LogP contribution in [-0.2, 0) is 21.2 Å². The highest BCUT2D eigenvalue weighted by atomic mass is 32.2.